The summed E-state index contributed by atoms with van der Waals surface area (Å²) in [5, 5.41) is 6.01. The highest BCUT2D eigenvalue weighted by Crippen LogP contribution is 2.32. The van der Waals surface area contributed by atoms with Crippen LogP contribution in [0.4, 0.5) is 0 Å². The molecule has 0 aliphatic heterocycles. The predicted molar refractivity (Wildman–Crippen MR) is 256 cm³/mol. The van der Waals surface area contributed by atoms with Gasteiger partial charge in [0.05, 0.1) is 0 Å². The number of nitrogens with two attached hydrogens (primary N) is 2. The number of hydrogen-bond donors (Lipinski definition) is 4. The first-order valence-electron chi connectivity index (χ1n) is 23.9. The van der Waals surface area contributed by atoms with E-state index in [1.807, 2.05) is 0 Å². The van der Waals surface area contributed by atoms with Gasteiger partial charge < -0.3 is 50.6 Å². The lowest BCUT2D eigenvalue weighted by Crippen LogP contribution is -2.51. The molecular weight excluding hydrogens is 881 g/mol. The number of carbonyl (C=O) groups is 9. The number of carbonyl (C=O) groups excluding carboxylic acids is 9. The predicted octanol–water partition coefficient (Wildman–Crippen LogP) is 6.81. The maximum absolute atomic E-state index is 14.1. The van der Waals surface area contributed by atoms with Gasteiger partial charge in [-0.1, -0.05) is 0 Å². The summed E-state index contributed by atoms with van der Waals surface area (Å²) in [5.41, 5.74) is 4.64. The van der Waals surface area contributed by atoms with Gasteiger partial charge in [-0.3, -0.25) is 38.4 Å². The smallest absolute Gasteiger partial charge is 0.306 e. The quantitative estimate of drug-likeness (QED) is 0.0340. The third kappa shape index (κ3) is 32.2. The van der Waals surface area contributed by atoms with Crippen LogP contribution in [0.2, 0.25) is 0 Å². The van der Waals surface area contributed by atoms with Gasteiger partial charge in [-0.25, -0.2) is 0 Å². The molecule has 0 aromatic carbocycles. The number of esters is 5. The minimum atomic E-state index is -1.31. The van der Waals surface area contributed by atoms with Gasteiger partial charge in [0.2, 0.25) is 17.7 Å². The Morgan fingerprint density at radius 3 is 0.838 bits per heavy atom. The first-order chi connectivity index (χ1) is 30.7. The standard InChI is InChI=1S/C50H88N4O14/c1-43(2,3)64-38(59)20-29-49(25-16-34-55,30-21-39(60)65-44(4,5)6)53-36(57)18-27-48(52,26-17-35(51)56)28-19-37(58)54-50(31-22-40(61)66-45(7,8)9,32-23-41(62)67-46(10,11)12)33-24-42(63)68-47(13,14)15/h34H,16-33,52H2,1-15H3,(H2,51,56)(H,53,57)(H,54,58). The Morgan fingerprint density at radius 2 is 0.618 bits per heavy atom. The van der Waals surface area contributed by atoms with E-state index in [-0.39, 0.29) is 116 Å². The molecule has 68 heavy (non-hydrogen) atoms. The van der Waals surface area contributed by atoms with Crippen LogP contribution in [0.15, 0.2) is 0 Å². The number of nitrogens with one attached hydrogen (secondary N) is 2. The highest BCUT2D eigenvalue weighted by atomic mass is 16.6. The summed E-state index contributed by atoms with van der Waals surface area (Å²) in [6.45, 7) is 25.8. The van der Waals surface area contributed by atoms with Crippen molar-refractivity contribution in [1.29, 1.82) is 0 Å². The van der Waals surface area contributed by atoms with Crippen molar-refractivity contribution in [1.82, 2.24) is 10.6 Å². The summed E-state index contributed by atoms with van der Waals surface area (Å²) in [4.78, 5) is 117. The van der Waals surface area contributed by atoms with Crippen molar-refractivity contribution in [2.45, 2.75) is 264 Å². The first kappa shape index (κ1) is 63.4. The normalized spacial score (nSPS) is 13.6. The number of rotatable bonds is 29. The molecule has 0 spiro atoms. The molecule has 1 atom stereocenters. The Hall–Kier alpha value is -4.61. The molecule has 1 unspecified atom stereocenters. The molecule has 0 aliphatic carbocycles. The number of ether oxygens (including phenoxy) is 5. The van der Waals surface area contributed by atoms with E-state index in [9.17, 15) is 43.2 Å². The van der Waals surface area contributed by atoms with E-state index < -0.39 is 92.2 Å². The molecule has 18 heteroatoms. The number of primary amides is 1. The van der Waals surface area contributed by atoms with Gasteiger partial charge >= 0.3 is 29.8 Å². The van der Waals surface area contributed by atoms with Crippen LogP contribution in [0.1, 0.15) is 219 Å². The molecule has 6 N–H and O–H groups in total. The number of aldehydes is 1. The molecule has 0 heterocycles. The first-order valence-corrected chi connectivity index (χ1v) is 23.9. The highest BCUT2D eigenvalue weighted by molar-refractivity contribution is 5.79. The Kier molecular flexibility index (Phi) is 25.1. The molecule has 0 rings (SSSR count). The zero-order valence-electron chi connectivity index (χ0n) is 44.2. The lowest BCUT2D eigenvalue weighted by Gasteiger charge is -2.37. The summed E-state index contributed by atoms with van der Waals surface area (Å²) < 4.78 is 27.7. The minimum absolute atomic E-state index is 0.00244. The summed E-state index contributed by atoms with van der Waals surface area (Å²) in [5.74, 6) is -4.45. The summed E-state index contributed by atoms with van der Waals surface area (Å²) in [6, 6.07) is 0. The van der Waals surface area contributed by atoms with Crippen LogP contribution in [0.25, 0.3) is 0 Å². The van der Waals surface area contributed by atoms with Crippen molar-refractivity contribution in [3.05, 3.63) is 0 Å². The molecular formula is C50H88N4O14. The van der Waals surface area contributed by atoms with E-state index in [0.717, 1.165) is 0 Å². The number of hydrogen-bond acceptors (Lipinski definition) is 15. The average molecular weight is 969 g/mol. The van der Waals surface area contributed by atoms with Gasteiger partial charge in [0.25, 0.3) is 0 Å². The topological polar surface area (TPSA) is 276 Å². The van der Waals surface area contributed by atoms with Crippen molar-refractivity contribution in [2.75, 3.05) is 0 Å². The molecule has 0 aliphatic rings. The maximum atomic E-state index is 14.1. The third-order valence-corrected chi connectivity index (χ3v) is 10.3. The zero-order chi connectivity index (χ0) is 53.0. The fraction of sp³-hybridized carbons (Fsp3) is 0.820. The van der Waals surface area contributed by atoms with E-state index in [0.29, 0.717) is 6.29 Å². The molecule has 0 bridgehead atoms. The van der Waals surface area contributed by atoms with Crippen molar-refractivity contribution in [2.24, 2.45) is 11.5 Å². The maximum Gasteiger partial charge on any atom is 0.306 e. The fourth-order valence-corrected chi connectivity index (χ4v) is 7.32. The molecule has 3 amide bonds. The van der Waals surface area contributed by atoms with Gasteiger partial charge in [0, 0.05) is 74.4 Å². The lowest BCUT2D eigenvalue weighted by molar-refractivity contribution is -0.158. The van der Waals surface area contributed by atoms with Crippen LogP contribution in [0.5, 0.6) is 0 Å². The summed E-state index contributed by atoms with van der Waals surface area (Å²) in [6.07, 6.45) is -0.645. The van der Waals surface area contributed by atoms with Gasteiger partial charge in [-0.05, 0) is 162 Å². The van der Waals surface area contributed by atoms with E-state index in [1.165, 1.54) is 0 Å². The average Bonchev–Trinajstić information content (AvgIpc) is 3.13. The van der Waals surface area contributed by atoms with Gasteiger partial charge in [0.1, 0.15) is 34.3 Å². The molecule has 0 fully saturated rings. The second-order valence-corrected chi connectivity index (χ2v) is 23.1. The summed E-state index contributed by atoms with van der Waals surface area (Å²) in [7, 11) is 0. The van der Waals surface area contributed by atoms with Crippen LogP contribution >= 0.6 is 0 Å². The second kappa shape index (κ2) is 27.0. The van der Waals surface area contributed by atoms with Gasteiger partial charge in [0.15, 0.2) is 0 Å². The zero-order valence-corrected chi connectivity index (χ0v) is 44.2. The Labute approximate surface area is 405 Å². The Morgan fingerprint density at radius 1 is 0.382 bits per heavy atom. The third-order valence-electron chi connectivity index (χ3n) is 10.3. The van der Waals surface area contributed by atoms with Crippen LogP contribution in [-0.4, -0.2) is 98.5 Å². The molecule has 0 saturated heterocycles. The van der Waals surface area contributed by atoms with Crippen LogP contribution in [0.3, 0.4) is 0 Å². The number of amides is 3. The monoisotopic (exact) mass is 969 g/mol. The van der Waals surface area contributed by atoms with Crippen molar-refractivity contribution in [3.63, 3.8) is 0 Å². The van der Waals surface area contributed by atoms with Crippen LogP contribution in [-0.2, 0) is 66.8 Å². The minimum Gasteiger partial charge on any atom is -0.460 e. The summed E-state index contributed by atoms with van der Waals surface area (Å²) >= 11 is 0. The Balaban J connectivity index is 6.80. The van der Waals surface area contributed by atoms with E-state index in [4.69, 9.17) is 35.2 Å². The van der Waals surface area contributed by atoms with Crippen molar-refractivity contribution >= 4 is 53.9 Å². The molecule has 0 aromatic rings. The highest BCUT2D eigenvalue weighted by Gasteiger charge is 2.38. The largest absolute Gasteiger partial charge is 0.460 e. The van der Waals surface area contributed by atoms with E-state index in [2.05, 4.69) is 10.6 Å². The van der Waals surface area contributed by atoms with E-state index in [1.54, 1.807) is 104 Å². The van der Waals surface area contributed by atoms with Crippen LogP contribution in [0, 0.1) is 0 Å². The molecule has 0 radical (unpaired) electrons. The van der Waals surface area contributed by atoms with Crippen molar-refractivity contribution in [3.8, 4) is 0 Å². The lowest BCUT2D eigenvalue weighted by atomic mass is 9.81. The molecule has 0 saturated carbocycles. The molecule has 18 nitrogen and oxygen atoms in total. The molecule has 0 aromatic heterocycles. The van der Waals surface area contributed by atoms with E-state index >= 15 is 0 Å². The SMILES string of the molecule is CC(C)(C)OC(=O)CCC(CCC=O)(CCC(=O)OC(C)(C)C)NC(=O)CCC(N)(CCC(N)=O)CCC(=O)NC(CCC(=O)OC(C)(C)C)(CCC(=O)OC(C)(C)C)CCC(=O)OC(C)(C)C. The Bertz CT molecular complexity index is 1600. The second-order valence-electron chi connectivity index (χ2n) is 23.1. The van der Waals surface area contributed by atoms with Crippen LogP contribution < -0.4 is 22.1 Å². The van der Waals surface area contributed by atoms with Gasteiger partial charge in [-0.2, -0.15) is 0 Å². The molecule has 392 valence electrons. The van der Waals surface area contributed by atoms with Crippen molar-refractivity contribution < 1.29 is 66.8 Å². The fourth-order valence-electron chi connectivity index (χ4n) is 7.32. The van der Waals surface area contributed by atoms with Gasteiger partial charge in [-0.15, -0.1) is 0 Å².